The van der Waals surface area contributed by atoms with Gasteiger partial charge in [0.25, 0.3) is 0 Å². The van der Waals surface area contributed by atoms with Gasteiger partial charge in [-0.2, -0.15) is 0 Å². The molecule has 1 rings (SSSR count). The van der Waals surface area contributed by atoms with E-state index in [0.29, 0.717) is 18.7 Å². The van der Waals surface area contributed by atoms with Gasteiger partial charge >= 0.3 is 0 Å². The van der Waals surface area contributed by atoms with Crippen molar-refractivity contribution in [3.05, 3.63) is 35.4 Å². The van der Waals surface area contributed by atoms with Crippen LogP contribution in [0.3, 0.4) is 0 Å². The number of hydrogen-bond donors (Lipinski definition) is 1. The van der Waals surface area contributed by atoms with Gasteiger partial charge in [-0.1, -0.05) is 38.1 Å². The number of rotatable bonds is 8. The molecule has 3 nitrogen and oxygen atoms in total. The van der Waals surface area contributed by atoms with E-state index in [1.807, 2.05) is 6.92 Å². The summed E-state index contributed by atoms with van der Waals surface area (Å²) in [6.07, 6.45) is 1.74. The van der Waals surface area contributed by atoms with E-state index >= 15 is 0 Å². The van der Waals surface area contributed by atoms with Gasteiger partial charge in [-0.25, -0.2) is 8.42 Å². The lowest BCUT2D eigenvalue weighted by Gasteiger charge is -2.06. The molecule has 1 N–H and O–H groups in total. The third-order valence-electron chi connectivity index (χ3n) is 2.87. The smallest absolute Gasteiger partial charge is 0.151 e. The first-order valence-electron chi connectivity index (χ1n) is 6.56. The monoisotopic (exact) mass is 269 g/mol. The molecule has 0 aliphatic rings. The van der Waals surface area contributed by atoms with Crippen LogP contribution in [0.2, 0.25) is 0 Å². The van der Waals surface area contributed by atoms with Crippen LogP contribution >= 0.6 is 0 Å². The fourth-order valence-corrected chi connectivity index (χ4v) is 3.05. The predicted molar refractivity (Wildman–Crippen MR) is 76.5 cm³/mol. The van der Waals surface area contributed by atoms with Crippen molar-refractivity contribution in [1.29, 1.82) is 0 Å². The van der Waals surface area contributed by atoms with Gasteiger partial charge in [0, 0.05) is 18.8 Å². The summed E-state index contributed by atoms with van der Waals surface area (Å²) in [6, 6.07) is 8.41. The predicted octanol–water partition coefficient (Wildman–Crippen LogP) is 2.16. The van der Waals surface area contributed by atoms with Crippen LogP contribution in [0.1, 0.15) is 31.4 Å². The maximum absolute atomic E-state index is 11.5. The Morgan fingerprint density at radius 3 is 2.17 bits per heavy atom. The summed E-state index contributed by atoms with van der Waals surface area (Å²) in [4.78, 5) is 0. The van der Waals surface area contributed by atoms with Crippen molar-refractivity contribution in [1.82, 2.24) is 5.32 Å². The Morgan fingerprint density at radius 1 is 1.00 bits per heavy atom. The van der Waals surface area contributed by atoms with Gasteiger partial charge in [-0.15, -0.1) is 0 Å². The highest BCUT2D eigenvalue weighted by Gasteiger charge is 2.07. The highest BCUT2D eigenvalue weighted by atomic mass is 32.2. The molecule has 0 fully saturated rings. The van der Waals surface area contributed by atoms with Crippen LogP contribution in [-0.2, 0) is 22.8 Å². The summed E-state index contributed by atoms with van der Waals surface area (Å²) in [5.41, 5.74) is 2.52. The minimum atomic E-state index is -2.86. The number of aryl methyl sites for hydroxylation is 1. The van der Waals surface area contributed by atoms with Crippen LogP contribution in [0.4, 0.5) is 0 Å². The van der Waals surface area contributed by atoms with Gasteiger partial charge in [0.2, 0.25) is 0 Å². The zero-order valence-electron chi connectivity index (χ0n) is 11.3. The zero-order valence-corrected chi connectivity index (χ0v) is 12.1. The second kappa shape index (κ2) is 7.54. The largest absolute Gasteiger partial charge is 0.312 e. The summed E-state index contributed by atoms with van der Waals surface area (Å²) in [6.45, 7) is 5.27. The number of nitrogens with one attached hydrogen (secondary N) is 1. The molecule has 0 aromatic heterocycles. The normalized spacial score (nSPS) is 11.7. The molecule has 1 aromatic rings. The molecular formula is C14H23NO2S. The number of sulfone groups is 1. The maximum atomic E-state index is 11.5. The average molecular weight is 269 g/mol. The van der Waals surface area contributed by atoms with Gasteiger partial charge in [-0.3, -0.25) is 0 Å². The highest BCUT2D eigenvalue weighted by molar-refractivity contribution is 7.91. The number of benzene rings is 1. The first-order valence-corrected chi connectivity index (χ1v) is 8.38. The fraction of sp³-hybridized carbons (Fsp3) is 0.571. The summed E-state index contributed by atoms with van der Waals surface area (Å²) < 4.78 is 23.0. The van der Waals surface area contributed by atoms with E-state index in [-0.39, 0.29) is 5.75 Å². The SMILES string of the molecule is CCCS(=O)(=O)CCNCc1ccc(CC)cc1. The third kappa shape index (κ3) is 5.65. The van der Waals surface area contributed by atoms with Crippen molar-refractivity contribution >= 4 is 9.84 Å². The van der Waals surface area contributed by atoms with Gasteiger partial charge in [-0.05, 0) is 24.0 Å². The first-order chi connectivity index (χ1) is 8.57. The number of hydrogen-bond acceptors (Lipinski definition) is 3. The molecule has 0 bridgehead atoms. The molecule has 0 spiro atoms. The van der Waals surface area contributed by atoms with Crippen molar-refractivity contribution in [2.45, 2.75) is 33.2 Å². The molecule has 0 atom stereocenters. The van der Waals surface area contributed by atoms with Crippen LogP contribution in [0.15, 0.2) is 24.3 Å². The van der Waals surface area contributed by atoms with Crippen molar-refractivity contribution in [3.63, 3.8) is 0 Å². The van der Waals surface area contributed by atoms with Crippen molar-refractivity contribution in [2.24, 2.45) is 0 Å². The van der Waals surface area contributed by atoms with Crippen LogP contribution < -0.4 is 5.32 Å². The second-order valence-electron chi connectivity index (χ2n) is 4.50. The van der Waals surface area contributed by atoms with Crippen LogP contribution in [-0.4, -0.2) is 26.5 Å². The van der Waals surface area contributed by atoms with Crippen molar-refractivity contribution in [2.75, 3.05) is 18.1 Å². The Hall–Kier alpha value is -0.870. The minimum absolute atomic E-state index is 0.230. The van der Waals surface area contributed by atoms with Gasteiger partial charge in [0.1, 0.15) is 0 Å². The molecule has 0 amide bonds. The molecule has 1 aromatic carbocycles. The van der Waals surface area contributed by atoms with E-state index in [2.05, 4.69) is 36.5 Å². The first kappa shape index (κ1) is 15.2. The lowest BCUT2D eigenvalue weighted by atomic mass is 10.1. The Labute approximate surface area is 111 Å². The molecule has 0 aliphatic carbocycles. The minimum Gasteiger partial charge on any atom is -0.312 e. The van der Waals surface area contributed by atoms with Gasteiger partial charge in [0.15, 0.2) is 9.84 Å². The third-order valence-corrected chi connectivity index (χ3v) is 4.72. The fourth-order valence-electron chi connectivity index (χ4n) is 1.77. The molecule has 0 saturated heterocycles. The van der Waals surface area contributed by atoms with E-state index in [0.717, 1.165) is 13.0 Å². The lowest BCUT2D eigenvalue weighted by molar-refractivity contribution is 0.589. The molecule has 0 radical (unpaired) electrons. The second-order valence-corrected chi connectivity index (χ2v) is 6.80. The van der Waals surface area contributed by atoms with E-state index in [4.69, 9.17) is 0 Å². The Morgan fingerprint density at radius 2 is 1.61 bits per heavy atom. The molecule has 102 valence electrons. The Bertz CT molecular complexity index is 437. The molecule has 0 aliphatic heterocycles. The summed E-state index contributed by atoms with van der Waals surface area (Å²) in [5.74, 6) is 0.522. The van der Waals surface area contributed by atoms with Gasteiger partial charge < -0.3 is 5.32 Å². The summed E-state index contributed by atoms with van der Waals surface area (Å²) in [7, 11) is -2.86. The molecule has 0 unspecified atom stereocenters. The Kier molecular flexibility index (Phi) is 6.36. The van der Waals surface area contributed by atoms with E-state index in [1.54, 1.807) is 0 Å². The van der Waals surface area contributed by atoms with Gasteiger partial charge in [0.05, 0.1) is 5.75 Å². The lowest BCUT2D eigenvalue weighted by Crippen LogP contribution is -2.24. The van der Waals surface area contributed by atoms with Crippen LogP contribution in [0.5, 0.6) is 0 Å². The molecule has 0 saturated carbocycles. The van der Waals surface area contributed by atoms with E-state index in [9.17, 15) is 8.42 Å². The average Bonchev–Trinajstić information content (AvgIpc) is 2.35. The standard InChI is InChI=1S/C14H23NO2S/c1-3-10-18(16,17)11-9-15-12-14-7-5-13(4-2)6-8-14/h5-8,15H,3-4,9-12H2,1-2H3. The molecule has 4 heteroatoms. The zero-order chi connectivity index (χ0) is 13.4. The molecule has 18 heavy (non-hydrogen) atoms. The molecular weight excluding hydrogens is 246 g/mol. The van der Waals surface area contributed by atoms with E-state index in [1.165, 1.54) is 11.1 Å². The van der Waals surface area contributed by atoms with Crippen molar-refractivity contribution < 1.29 is 8.42 Å². The summed E-state index contributed by atoms with van der Waals surface area (Å²) >= 11 is 0. The quantitative estimate of drug-likeness (QED) is 0.736. The maximum Gasteiger partial charge on any atom is 0.151 e. The molecule has 0 heterocycles. The van der Waals surface area contributed by atoms with E-state index < -0.39 is 9.84 Å². The Balaban J connectivity index is 2.29. The topological polar surface area (TPSA) is 46.2 Å². The highest BCUT2D eigenvalue weighted by Crippen LogP contribution is 2.04. The van der Waals surface area contributed by atoms with Crippen molar-refractivity contribution in [3.8, 4) is 0 Å². The van der Waals surface area contributed by atoms with Crippen LogP contribution in [0.25, 0.3) is 0 Å². The summed E-state index contributed by atoms with van der Waals surface area (Å²) in [5, 5.41) is 3.17. The van der Waals surface area contributed by atoms with Crippen LogP contribution in [0, 0.1) is 0 Å².